The van der Waals surface area contributed by atoms with Crippen molar-refractivity contribution in [1.82, 2.24) is 5.32 Å². The lowest BCUT2D eigenvalue weighted by atomic mass is 10.1. The maximum Gasteiger partial charge on any atom is 0.407 e. The number of ether oxygens (including phenoxy) is 1. The second-order valence-corrected chi connectivity index (χ2v) is 2.91. The first-order chi connectivity index (χ1) is 6.63. The average Bonchev–Trinajstić information content (AvgIpc) is 2.17. The predicted octanol–water partition coefficient (Wildman–Crippen LogP) is 2.24. The van der Waals surface area contributed by atoms with Gasteiger partial charge in [-0.05, 0) is 24.6 Å². The quantitative estimate of drug-likeness (QED) is 0.789. The van der Waals surface area contributed by atoms with Crippen LogP contribution >= 0.6 is 0 Å². The van der Waals surface area contributed by atoms with E-state index in [9.17, 15) is 9.18 Å². The number of benzene rings is 1. The normalized spacial score (nSPS) is 11.9. The second-order valence-electron chi connectivity index (χ2n) is 2.91. The number of methoxy groups -OCH3 is 1. The molecule has 0 saturated carbocycles. The van der Waals surface area contributed by atoms with Crippen molar-refractivity contribution in [3.05, 3.63) is 35.6 Å². The third-order valence-electron chi connectivity index (χ3n) is 1.87. The zero-order chi connectivity index (χ0) is 10.6. The van der Waals surface area contributed by atoms with Crippen LogP contribution in [-0.4, -0.2) is 13.2 Å². The standard InChI is InChI=1S/C10H12FNO2/c1-7(12-10(13)14-2)8-4-3-5-9(11)6-8/h3-7H,1-2H3,(H,12,13). The number of nitrogens with one attached hydrogen (secondary N) is 1. The Bertz CT molecular complexity index is 328. The first-order valence-corrected chi connectivity index (χ1v) is 4.23. The highest BCUT2D eigenvalue weighted by Crippen LogP contribution is 2.13. The van der Waals surface area contributed by atoms with Crippen LogP contribution in [0.25, 0.3) is 0 Å². The number of carbonyl (C=O) groups excluding carboxylic acids is 1. The molecule has 0 radical (unpaired) electrons. The molecule has 0 aromatic heterocycles. The third-order valence-corrected chi connectivity index (χ3v) is 1.87. The highest BCUT2D eigenvalue weighted by Gasteiger charge is 2.09. The molecule has 0 spiro atoms. The number of hydrogen-bond donors (Lipinski definition) is 1. The molecule has 0 aliphatic heterocycles. The fourth-order valence-electron chi connectivity index (χ4n) is 1.09. The lowest BCUT2D eigenvalue weighted by Gasteiger charge is -2.12. The van der Waals surface area contributed by atoms with E-state index >= 15 is 0 Å². The summed E-state index contributed by atoms with van der Waals surface area (Å²) >= 11 is 0. The van der Waals surface area contributed by atoms with Crippen LogP contribution in [0.3, 0.4) is 0 Å². The predicted molar refractivity (Wildman–Crippen MR) is 50.4 cm³/mol. The van der Waals surface area contributed by atoms with Crippen molar-refractivity contribution in [3.63, 3.8) is 0 Å². The van der Waals surface area contributed by atoms with E-state index in [4.69, 9.17) is 0 Å². The summed E-state index contributed by atoms with van der Waals surface area (Å²) < 4.78 is 17.2. The van der Waals surface area contributed by atoms with Crippen molar-refractivity contribution < 1.29 is 13.9 Å². The van der Waals surface area contributed by atoms with Gasteiger partial charge in [0, 0.05) is 0 Å². The summed E-state index contributed by atoms with van der Waals surface area (Å²) in [5.74, 6) is -0.319. The van der Waals surface area contributed by atoms with Gasteiger partial charge < -0.3 is 10.1 Å². The number of rotatable bonds is 2. The molecule has 1 aromatic rings. The molecular weight excluding hydrogens is 185 g/mol. The van der Waals surface area contributed by atoms with Gasteiger partial charge in [-0.3, -0.25) is 0 Å². The monoisotopic (exact) mass is 197 g/mol. The van der Waals surface area contributed by atoms with E-state index in [1.807, 2.05) is 0 Å². The Balaban J connectivity index is 2.69. The van der Waals surface area contributed by atoms with Gasteiger partial charge in [0.05, 0.1) is 13.2 Å². The summed E-state index contributed by atoms with van der Waals surface area (Å²) in [7, 11) is 1.29. The second kappa shape index (κ2) is 4.60. The molecule has 0 fully saturated rings. The van der Waals surface area contributed by atoms with Gasteiger partial charge in [0.1, 0.15) is 5.82 Å². The number of halogens is 1. The van der Waals surface area contributed by atoms with Crippen LogP contribution < -0.4 is 5.32 Å². The van der Waals surface area contributed by atoms with Crippen molar-refractivity contribution >= 4 is 6.09 Å². The minimum Gasteiger partial charge on any atom is -0.453 e. The Morgan fingerprint density at radius 1 is 1.57 bits per heavy atom. The van der Waals surface area contributed by atoms with Crippen molar-refractivity contribution in [1.29, 1.82) is 0 Å². The summed E-state index contributed by atoms with van der Waals surface area (Å²) in [5, 5.41) is 2.55. The molecule has 1 amide bonds. The van der Waals surface area contributed by atoms with E-state index in [1.165, 1.54) is 19.2 Å². The molecule has 14 heavy (non-hydrogen) atoms. The van der Waals surface area contributed by atoms with Crippen LogP contribution in [0.1, 0.15) is 18.5 Å². The van der Waals surface area contributed by atoms with Crippen molar-refractivity contribution in [3.8, 4) is 0 Å². The Kier molecular flexibility index (Phi) is 3.45. The molecular formula is C10H12FNO2. The minimum atomic E-state index is -0.526. The minimum absolute atomic E-state index is 0.266. The van der Waals surface area contributed by atoms with Crippen LogP contribution in [0.15, 0.2) is 24.3 Å². The first kappa shape index (κ1) is 10.5. The number of carbonyl (C=O) groups is 1. The summed E-state index contributed by atoms with van der Waals surface area (Å²) in [6.07, 6.45) is -0.526. The Morgan fingerprint density at radius 2 is 2.29 bits per heavy atom. The average molecular weight is 197 g/mol. The highest BCUT2D eigenvalue weighted by molar-refractivity contribution is 5.67. The molecule has 1 aromatic carbocycles. The molecule has 0 heterocycles. The van der Waals surface area contributed by atoms with Gasteiger partial charge in [0.15, 0.2) is 0 Å². The molecule has 1 unspecified atom stereocenters. The van der Waals surface area contributed by atoms with Crippen LogP contribution in [0.2, 0.25) is 0 Å². The van der Waals surface area contributed by atoms with Gasteiger partial charge in [0.25, 0.3) is 0 Å². The van der Waals surface area contributed by atoms with Crippen LogP contribution in [0.5, 0.6) is 0 Å². The first-order valence-electron chi connectivity index (χ1n) is 4.23. The summed E-state index contributed by atoms with van der Waals surface area (Å²) in [5.41, 5.74) is 0.704. The highest BCUT2D eigenvalue weighted by atomic mass is 19.1. The van der Waals surface area contributed by atoms with E-state index in [-0.39, 0.29) is 11.9 Å². The van der Waals surface area contributed by atoms with Gasteiger partial charge in [-0.1, -0.05) is 12.1 Å². The van der Waals surface area contributed by atoms with E-state index in [0.717, 1.165) is 0 Å². The number of hydrogen-bond acceptors (Lipinski definition) is 2. The smallest absolute Gasteiger partial charge is 0.407 e. The molecule has 3 nitrogen and oxygen atoms in total. The number of alkyl carbamates (subject to hydrolysis) is 1. The zero-order valence-corrected chi connectivity index (χ0v) is 8.08. The molecule has 76 valence electrons. The largest absolute Gasteiger partial charge is 0.453 e. The van der Waals surface area contributed by atoms with Crippen molar-refractivity contribution in [2.45, 2.75) is 13.0 Å². The topological polar surface area (TPSA) is 38.3 Å². The Morgan fingerprint density at radius 3 is 2.86 bits per heavy atom. The SMILES string of the molecule is COC(=O)NC(C)c1cccc(F)c1. The maximum absolute atomic E-state index is 12.8. The van der Waals surface area contributed by atoms with Crippen molar-refractivity contribution in [2.75, 3.05) is 7.11 Å². The van der Waals surface area contributed by atoms with Gasteiger partial charge in [0.2, 0.25) is 0 Å². The Labute approximate surface area is 81.9 Å². The van der Waals surface area contributed by atoms with Gasteiger partial charge in [-0.15, -0.1) is 0 Å². The van der Waals surface area contributed by atoms with E-state index in [2.05, 4.69) is 10.1 Å². The molecule has 0 saturated heterocycles. The molecule has 1 N–H and O–H groups in total. The Hall–Kier alpha value is -1.58. The lowest BCUT2D eigenvalue weighted by Crippen LogP contribution is -2.26. The summed E-state index contributed by atoms with van der Waals surface area (Å²) in [6, 6.07) is 5.80. The van der Waals surface area contributed by atoms with Gasteiger partial charge in [-0.25, -0.2) is 9.18 Å². The molecule has 0 bridgehead atoms. The van der Waals surface area contributed by atoms with E-state index < -0.39 is 6.09 Å². The molecule has 4 heteroatoms. The maximum atomic E-state index is 12.8. The fourth-order valence-corrected chi connectivity index (χ4v) is 1.09. The summed E-state index contributed by atoms with van der Waals surface area (Å²) in [4.78, 5) is 10.9. The van der Waals surface area contributed by atoms with Crippen LogP contribution in [0, 0.1) is 5.82 Å². The zero-order valence-electron chi connectivity index (χ0n) is 8.08. The summed E-state index contributed by atoms with van der Waals surface area (Å²) in [6.45, 7) is 1.76. The van der Waals surface area contributed by atoms with E-state index in [1.54, 1.807) is 19.1 Å². The molecule has 1 rings (SSSR count). The molecule has 1 atom stereocenters. The lowest BCUT2D eigenvalue weighted by molar-refractivity contribution is 0.167. The van der Waals surface area contributed by atoms with Crippen LogP contribution in [-0.2, 0) is 4.74 Å². The molecule has 0 aliphatic carbocycles. The fraction of sp³-hybridized carbons (Fsp3) is 0.300. The van der Waals surface area contributed by atoms with Crippen LogP contribution in [0.4, 0.5) is 9.18 Å². The number of amides is 1. The van der Waals surface area contributed by atoms with Gasteiger partial charge in [-0.2, -0.15) is 0 Å². The molecule has 0 aliphatic rings. The van der Waals surface area contributed by atoms with E-state index in [0.29, 0.717) is 5.56 Å². The van der Waals surface area contributed by atoms with Gasteiger partial charge >= 0.3 is 6.09 Å². The third kappa shape index (κ3) is 2.73. The van der Waals surface area contributed by atoms with Crippen molar-refractivity contribution in [2.24, 2.45) is 0 Å².